The Labute approximate surface area is 113 Å². The first-order valence-corrected chi connectivity index (χ1v) is 7.21. The van der Waals surface area contributed by atoms with E-state index in [4.69, 9.17) is 22.6 Å². The highest BCUT2D eigenvalue weighted by Crippen LogP contribution is 2.43. The summed E-state index contributed by atoms with van der Waals surface area (Å²) in [5.74, 6) is 0. The molecule has 0 radical (unpaired) electrons. The summed E-state index contributed by atoms with van der Waals surface area (Å²) in [4.78, 5) is 0.569. The standard InChI is InChI=1S/C12H9ClN2S2/c1-16-12-10(11(15)9(6-14)17-12)7-2-4-8(13)5-3-7/h2-5H,15H2,1H3. The van der Waals surface area contributed by atoms with E-state index in [-0.39, 0.29) is 0 Å². The number of anilines is 1. The molecule has 1 heterocycles. The molecule has 17 heavy (non-hydrogen) atoms. The molecule has 0 unspecified atom stereocenters. The van der Waals surface area contributed by atoms with Gasteiger partial charge in [0, 0.05) is 10.6 Å². The van der Waals surface area contributed by atoms with Gasteiger partial charge in [-0.3, -0.25) is 0 Å². The van der Waals surface area contributed by atoms with Crippen molar-refractivity contribution in [2.45, 2.75) is 4.21 Å². The molecule has 0 aliphatic heterocycles. The summed E-state index contributed by atoms with van der Waals surface area (Å²) in [6, 6.07) is 9.61. The molecule has 2 aromatic rings. The number of nitriles is 1. The summed E-state index contributed by atoms with van der Waals surface area (Å²) < 4.78 is 1.06. The van der Waals surface area contributed by atoms with Crippen molar-refractivity contribution in [1.29, 1.82) is 5.26 Å². The van der Waals surface area contributed by atoms with E-state index in [2.05, 4.69) is 6.07 Å². The van der Waals surface area contributed by atoms with Crippen LogP contribution in [0.3, 0.4) is 0 Å². The SMILES string of the molecule is CSc1sc(C#N)c(N)c1-c1ccc(Cl)cc1. The van der Waals surface area contributed by atoms with Crippen molar-refractivity contribution in [3.05, 3.63) is 34.2 Å². The largest absolute Gasteiger partial charge is 0.396 e. The van der Waals surface area contributed by atoms with Gasteiger partial charge < -0.3 is 5.73 Å². The summed E-state index contributed by atoms with van der Waals surface area (Å²) in [7, 11) is 0. The first kappa shape index (κ1) is 12.3. The molecule has 1 aromatic carbocycles. The predicted molar refractivity (Wildman–Crippen MR) is 75.7 cm³/mol. The van der Waals surface area contributed by atoms with Crippen molar-refractivity contribution >= 4 is 40.4 Å². The molecule has 0 aliphatic rings. The molecule has 0 fully saturated rings. The van der Waals surface area contributed by atoms with E-state index < -0.39 is 0 Å². The molecule has 0 atom stereocenters. The number of benzene rings is 1. The Morgan fingerprint density at radius 3 is 2.53 bits per heavy atom. The van der Waals surface area contributed by atoms with Crippen LogP contribution in [-0.2, 0) is 0 Å². The maximum absolute atomic E-state index is 8.99. The number of nitrogen functional groups attached to an aromatic ring is 1. The Bertz CT molecular complexity index is 582. The molecule has 2 N–H and O–H groups in total. The van der Waals surface area contributed by atoms with Crippen LogP contribution in [0.4, 0.5) is 5.69 Å². The molecule has 0 spiro atoms. The molecule has 1 aromatic heterocycles. The zero-order valence-corrected chi connectivity index (χ0v) is 11.4. The highest BCUT2D eigenvalue weighted by Gasteiger charge is 2.16. The van der Waals surface area contributed by atoms with Gasteiger partial charge in [-0.1, -0.05) is 23.7 Å². The minimum Gasteiger partial charge on any atom is -0.396 e. The molecular weight excluding hydrogens is 272 g/mol. The quantitative estimate of drug-likeness (QED) is 0.837. The highest BCUT2D eigenvalue weighted by molar-refractivity contribution is 8.00. The lowest BCUT2D eigenvalue weighted by molar-refractivity contribution is 1.52. The number of thioether (sulfide) groups is 1. The summed E-state index contributed by atoms with van der Waals surface area (Å²) in [6.07, 6.45) is 1.98. The van der Waals surface area contributed by atoms with E-state index in [1.54, 1.807) is 11.8 Å². The Morgan fingerprint density at radius 1 is 1.35 bits per heavy atom. The van der Waals surface area contributed by atoms with Crippen LogP contribution in [0.2, 0.25) is 5.02 Å². The fourth-order valence-corrected chi connectivity index (χ4v) is 3.45. The van der Waals surface area contributed by atoms with Gasteiger partial charge in [0.25, 0.3) is 0 Å². The van der Waals surface area contributed by atoms with Crippen LogP contribution in [0.15, 0.2) is 28.5 Å². The zero-order valence-electron chi connectivity index (χ0n) is 9.03. The second kappa shape index (κ2) is 5.01. The van der Waals surface area contributed by atoms with E-state index in [0.717, 1.165) is 15.3 Å². The lowest BCUT2D eigenvalue weighted by Crippen LogP contribution is -1.88. The van der Waals surface area contributed by atoms with E-state index in [9.17, 15) is 0 Å². The van der Waals surface area contributed by atoms with E-state index in [0.29, 0.717) is 15.6 Å². The minimum atomic E-state index is 0.559. The van der Waals surface area contributed by atoms with Crippen LogP contribution in [0.25, 0.3) is 11.1 Å². The van der Waals surface area contributed by atoms with Crippen LogP contribution in [0.5, 0.6) is 0 Å². The van der Waals surface area contributed by atoms with Gasteiger partial charge in [-0.15, -0.1) is 23.1 Å². The number of thiophene rings is 1. The van der Waals surface area contributed by atoms with Gasteiger partial charge in [0.15, 0.2) is 0 Å². The lowest BCUT2D eigenvalue weighted by atomic mass is 10.1. The maximum Gasteiger partial charge on any atom is 0.129 e. The Morgan fingerprint density at radius 2 is 2.00 bits per heavy atom. The topological polar surface area (TPSA) is 49.8 Å². The van der Waals surface area contributed by atoms with Crippen LogP contribution in [0.1, 0.15) is 4.88 Å². The van der Waals surface area contributed by atoms with E-state index in [1.807, 2.05) is 30.5 Å². The average Bonchev–Trinajstić information content (AvgIpc) is 2.67. The fourth-order valence-electron chi connectivity index (χ4n) is 1.54. The van der Waals surface area contributed by atoms with E-state index in [1.165, 1.54) is 11.3 Å². The molecule has 0 bridgehead atoms. The Hall–Kier alpha value is -1.15. The number of hydrogen-bond donors (Lipinski definition) is 1. The summed E-state index contributed by atoms with van der Waals surface area (Å²) in [5, 5.41) is 9.68. The molecule has 2 nitrogen and oxygen atoms in total. The number of hydrogen-bond acceptors (Lipinski definition) is 4. The van der Waals surface area contributed by atoms with Gasteiger partial charge >= 0.3 is 0 Å². The molecule has 0 saturated heterocycles. The molecule has 0 saturated carbocycles. The average molecular weight is 281 g/mol. The zero-order chi connectivity index (χ0) is 12.4. The van der Waals surface area contributed by atoms with Crippen molar-refractivity contribution in [2.75, 3.05) is 12.0 Å². The van der Waals surface area contributed by atoms with Crippen molar-refractivity contribution < 1.29 is 0 Å². The van der Waals surface area contributed by atoms with Crippen molar-refractivity contribution in [2.24, 2.45) is 0 Å². The van der Waals surface area contributed by atoms with Crippen LogP contribution >= 0.6 is 34.7 Å². The Kier molecular flexibility index (Phi) is 3.63. The second-order valence-electron chi connectivity index (χ2n) is 3.33. The van der Waals surface area contributed by atoms with Gasteiger partial charge in [-0.2, -0.15) is 5.26 Å². The smallest absolute Gasteiger partial charge is 0.129 e. The second-order valence-corrected chi connectivity index (χ2v) is 5.86. The monoisotopic (exact) mass is 280 g/mol. The lowest BCUT2D eigenvalue weighted by Gasteiger charge is -2.03. The molecule has 2 rings (SSSR count). The van der Waals surface area contributed by atoms with Crippen molar-refractivity contribution in [3.63, 3.8) is 0 Å². The predicted octanol–water partition coefficient (Wildman–Crippen LogP) is 4.24. The normalized spacial score (nSPS) is 10.2. The Balaban J connectivity index is 2.62. The summed E-state index contributed by atoms with van der Waals surface area (Å²) in [6.45, 7) is 0. The number of nitrogens with two attached hydrogens (primary N) is 1. The van der Waals surface area contributed by atoms with Crippen molar-refractivity contribution in [3.8, 4) is 17.2 Å². The third-order valence-electron chi connectivity index (χ3n) is 2.33. The molecule has 0 amide bonds. The van der Waals surface area contributed by atoms with Crippen molar-refractivity contribution in [1.82, 2.24) is 0 Å². The number of rotatable bonds is 2. The van der Waals surface area contributed by atoms with Gasteiger partial charge in [-0.05, 0) is 24.0 Å². The van der Waals surface area contributed by atoms with Crippen LogP contribution in [0, 0.1) is 11.3 Å². The number of nitrogens with zero attached hydrogens (tertiary/aromatic N) is 1. The van der Waals surface area contributed by atoms with Crippen LogP contribution in [-0.4, -0.2) is 6.26 Å². The molecule has 5 heteroatoms. The fraction of sp³-hybridized carbons (Fsp3) is 0.0833. The van der Waals surface area contributed by atoms with Gasteiger partial charge in [0.2, 0.25) is 0 Å². The first-order chi connectivity index (χ1) is 8.17. The third-order valence-corrected chi connectivity index (χ3v) is 4.81. The van der Waals surface area contributed by atoms with Gasteiger partial charge in [0.05, 0.1) is 9.90 Å². The number of halogens is 1. The molecular formula is C12H9ClN2S2. The highest BCUT2D eigenvalue weighted by atomic mass is 35.5. The summed E-state index contributed by atoms with van der Waals surface area (Å²) >= 11 is 8.89. The van der Waals surface area contributed by atoms with Crippen LogP contribution < -0.4 is 5.73 Å². The minimum absolute atomic E-state index is 0.559. The maximum atomic E-state index is 8.99. The first-order valence-electron chi connectivity index (χ1n) is 4.79. The van der Waals surface area contributed by atoms with Gasteiger partial charge in [0.1, 0.15) is 10.9 Å². The summed E-state index contributed by atoms with van der Waals surface area (Å²) in [5.41, 5.74) is 8.50. The van der Waals surface area contributed by atoms with Gasteiger partial charge in [-0.25, -0.2) is 0 Å². The van der Waals surface area contributed by atoms with E-state index >= 15 is 0 Å². The third kappa shape index (κ3) is 2.27. The molecule has 86 valence electrons. The molecule has 0 aliphatic carbocycles.